The Hall–Kier alpha value is -0.440. The van der Waals surface area contributed by atoms with Gasteiger partial charge in [0, 0.05) is 21.2 Å². The molecule has 0 saturated carbocycles. The number of rotatable bonds is 6. The Morgan fingerprint density at radius 2 is 2.05 bits per heavy atom. The van der Waals surface area contributed by atoms with Gasteiger partial charge in [-0.25, -0.2) is 13.1 Å². The highest BCUT2D eigenvalue weighted by molar-refractivity contribution is 7.89. The van der Waals surface area contributed by atoms with Crippen LogP contribution in [-0.2, 0) is 23.1 Å². The van der Waals surface area contributed by atoms with Crippen LogP contribution < -0.4 is 4.72 Å². The van der Waals surface area contributed by atoms with E-state index in [1.807, 2.05) is 6.07 Å². The fourth-order valence-electron chi connectivity index (χ4n) is 1.74. The van der Waals surface area contributed by atoms with E-state index in [0.29, 0.717) is 27.1 Å². The second kappa shape index (κ2) is 6.55. The topological polar surface area (TPSA) is 66.4 Å². The maximum atomic E-state index is 12.2. The summed E-state index contributed by atoms with van der Waals surface area (Å²) in [6.45, 7) is 1.91. The summed E-state index contributed by atoms with van der Waals surface area (Å²) in [4.78, 5) is 2.61. The van der Waals surface area contributed by atoms with Crippen molar-refractivity contribution in [3.8, 4) is 0 Å². The molecular weight excluding hydrogens is 338 g/mol. The van der Waals surface area contributed by atoms with Crippen LogP contribution in [-0.4, -0.2) is 20.1 Å². The summed E-state index contributed by atoms with van der Waals surface area (Å²) in [6.07, 6.45) is 0.604. The van der Waals surface area contributed by atoms with Crippen LogP contribution in [0.3, 0.4) is 0 Å². The van der Waals surface area contributed by atoms with E-state index in [0.717, 1.165) is 4.88 Å². The lowest BCUT2D eigenvalue weighted by atomic mass is 10.3. The van der Waals surface area contributed by atoms with Crippen molar-refractivity contribution in [3.05, 3.63) is 37.2 Å². The molecule has 4 nitrogen and oxygen atoms in total. The minimum atomic E-state index is -3.52. The highest BCUT2D eigenvalue weighted by Crippen LogP contribution is 2.26. The predicted octanol–water partition coefficient (Wildman–Crippen LogP) is 2.78. The molecule has 0 saturated heterocycles. The highest BCUT2D eigenvalue weighted by Gasteiger charge is 2.19. The standard InChI is InChI=1S/C12H14ClNO3S3/c1-8-11(6-10(7-15)18-8)20(16,17)14-5-4-9-2-3-12(13)19-9/h2-3,6,14-15H,4-5,7H2,1H3. The van der Waals surface area contributed by atoms with Gasteiger partial charge in [-0.05, 0) is 31.5 Å². The van der Waals surface area contributed by atoms with Crippen molar-refractivity contribution in [2.75, 3.05) is 6.54 Å². The maximum Gasteiger partial charge on any atom is 0.241 e. The van der Waals surface area contributed by atoms with Crippen LogP contribution in [0.15, 0.2) is 23.1 Å². The van der Waals surface area contributed by atoms with Gasteiger partial charge < -0.3 is 5.11 Å². The van der Waals surface area contributed by atoms with Gasteiger partial charge >= 0.3 is 0 Å². The maximum absolute atomic E-state index is 12.2. The van der Waals surface area contributed by atoms with Gasteiger partial charge in [0.2, 0.25) is 10.0 Å². The molecule has 0 aliphatic heterocycles. The van der Waals surface area contributed by atoms with Crippen molar-refractivity contribution in [1.29, 1.82) is 0 Å². The van der Waals surface area contributed by atoms with E-state index >= 15 is 0 Å². The monoisotopic (exact) mass is 351 g/mol. The first-order valence-corrected chi connectivity index (χ1v) is 9.36. The third-order valence-electron chi connectivity index (χ3n) is 2.66. The third-order valence-corrected chi connectivity index (χ3v) is 6.70. The van der Waals surface area contributed by atoms with Gasteiger partial charge in [-0.15, -0.1) is 22.7 Å². The fourth-order valence-corrected chi connectivity index (χ4v) is 5.35. The van der Waals surface area contributed by atoms with E-state index in [-0.39, 0.29) is 11.5 Å². The zero-order valence-corrected chi connectivity index (χ0v) is 13.9. The van der Waals surface area contributed by atoms with Crippen molar-refractivity contribution in [2.24, 2.45) is 0 Å². The molecule has 0 aliphatic rings. The lowest BCUT2D eigenvalue weighted by molar-refractivity contribution is 0.285. The predicted molar refractivity (Wildman–Crippen MR) is 83.2 cm³/mol. The summed E-state index contributed by atoms with van der Waals surface area (Å²) in [5.74, 6) is 0. The number of nitrogens with one attached hydrogen (secondary N) is 1. The number of hydrogen-bond donors (Lipinski definition) is 2. The van der Waals surface area contributed by atoms with Crippen LogP contribution >= 0.6 is 34.3 Å². The SMILES string of the molecule is Cc1sc(CO)cc1S(=O)(=O)NCCc1ccc(Cl)s1. The molecule has 8 heteroatoms. The molecule has 0 unspecified atom stereocenters. The van der Waals surface area contributed by atoms with Crippen molar-refractivity contribution < 1.29 is 13.5 Å². The zero-order valence-electron chi connectivity index (χ0n) is 10.7. The van der Waals surface area contributed by atoms with Crippen molar-refractivity contribution in [1.82, 2.24) is 4.72 Å². The molecule has 2 aromatic rings. The number of aryl methyl sites for hydroxylation is 1. The van der Waals surface area contributed by atoms with E-state index in [9.17, 15) is 8.42 Å². The Labute approximate surface area is 131 Å². The van der Waals surface area contributed by atoms with Crippen LogP contribution in [0.4, 0.5) is 0 Å². The van der Waals surface area contributed by atoms with Crippen molar-refractivity contribution >= 4 is 44.3 Å². The molecule has 2 aromatic heterocycles. The Balaban J connectivity index is 2.01. The summed E-state index contributed by atoms with van der Waals surface area (Å²) in [5, 5.41) is 9.05. The lowest BCUT2D eigenvalue weighted by Crippen LogP contribution is -2.26. The number of aliphatic hydroxyl groups excluding tert-OH is 1. The molecule has 0 amide bonds. The van der Waals surface area contributed by atoms with Crippen LogP contribution in [0.2, 0.25) is 4.34 Å². The van der Waals surface area contributed by atoms with Gasteiger partial charge in [0.25, 0.3) is 0 Å². The highest BCUT2D eigenvalue weighted by atomic mass is 35.5. The third kappa shape index (κ3) is 3.81. The first-order chi connectivity index (χ1) is 9.42. The Kier molecular flexibility index (Phi) is 5.22. The second-order valence-corrected chi connectivity index (χ2v) is 9.02. The Morgan fingerprint density at radius 3 is 2.60 bits per heavy atom. The first-order valence-electron chi connectivity index (χ1n) is 5.86. The Bertz CT molecular complexity index is 691. The number of halogens is 1. The molecule has 0 fully saturated rings. The average Bonchev–Trinajstić information content (AvgIpc) is 2.95. The van der Waals surface area contributed by atoms with E-state index in [1.165, 1.54) is 28.7 Å². The summed E-state index contributed by atoms with van der Waals surface area (Å²) >= 11 is 8.56. The first kappa shape index (κ1) is 15.9. The van der Waals surface area contributed by atoms with Crippen LogP contribution in [0.1, 0.15) is 14.6 Å². The molecule has 0 bridgehead atoms. The van der Waals surface area contributed by atoms with E-state index < -0.39 is 10.0 Å². The van der Waals surface area contributed by atoms with Crippen molar-refractivity contribution in [3.63, 3.8) is 0 Å². The minimum absolute atomic E-state index is 0.144. The molecule has 0 atom stereocenters. The molecule has 110 valence electrons. The van der Waals surface area contributed by atoms with Gasteiger partial charge in [-0.2, -0.15) is 0 Å². The van der Waals surface area contributed by atoms with Gasteiger partial charge in [-0.1, -0.05) is 11.6 Å². The molecule has 0 radical (unpaired) electrons. The number of aliphatic hydroxyl groups is 1. The molecule has 0 aliphatic carbocycles. The number of thiophene rings is 2. The van der Waals surface area contributed by atoms with Crippen LogP contribution in [0.5, 0.6) is 0 Å². The average molecular weight is 352 g/mol. The van der Waals surface area contributed by atoms with Gasteiger partial charge in [0.15, 0.2) is 0 Å². The van der Waals surface area contributed by atoms with Gasteiger partial charge in [-0.3, -0.25) is 0 Å². The molecule has 2 heterocycles. The van der Waals surface area contributed by atoms with Gasteiger partial charge in [0.1, 0.15) is 0 Å². The normalized spacial score (nSPS) is 11.9. The van der Waals surface area contributed by atoms with E-state index in [2.05, 4.69) is 4.72 Å². The lowest BCUT2D eigenvalue weighted by Gasteiger charge is -2.05. The van der Waals surface area contributed by atoms with Crippen LogP contribution in [0.25, 0.3) is 0 Å². The number of sulfonamides is 1. The van der Waals surface area contributed by atoms with E-state index in [4.69, 9.17) is 16.7 Å². The summed E-state index contributed by atoms with van der Waals surface area (Å²) < 4.78 is 27.6. The zero-order chi connectivity index (χ0) is 14.8. The summed E-state index contributed by atoms with van der Waals surface area (Å²) in [7, 11) is -3.52. The smallest absolute Gasteiger partial charge is 0.241 e. The summed E-state index contributed by atoms with van der Waals surface area (Å²) in [6, 6.07) is 5.21. The summed E-state index contributed by atoms with van der Waals surface area (Å²) in [5.41, 5.74) is 0. The molecule has 0 aromatic carbocycles. The largest absolute Gasteiger partial charge is 0.391 e. The minimum Gasteiger partial charge on any atom is -0.391 e. The Morgan fingerprint density at radius 1 is 1.30 bits per heavy atom. The molecular formula is C12H14ClNO3S3. The molecule has 0 spiro atoms. The fraction of sp³-hybridized carbons (Fsp3) is 0.333. The molecule has 20 heavy (non-hydrogen) atoms. The molecule has 2 N–H and O–H groups in total. The van der Waals surface area contributed by atoms with Gasteiger partial charge in [0.05, 0.1) is 15.8 Å². The quantitative estimate of drug-likeness (QED) is 0.841. The number of hydrogen-bond acceptors (Lipinski definition) is 5. The van der Waals surface area contributed by atoms with Crippen molar-refractivity contribution in [2.45, 2.75) is 24.8 Å². The van der Waals surface area contributed by atoms with Crippen LogP contribution in [0, 0.1) is 6.92 Å². The van der Waals surface area contributed by atoms with E-state index in [1.54, 1.807) is 13.0 Å². The molecule has 2 rings (SSSR count). The second-order valence-electron chi connectivity index (χ2n) is 4.14.